The van der Waals surface area contributed by atoms with Crippen molar-refractivity contribution in [3.63, 3.8) is 0 Å². The van der Waals surface area contributed by atoms with E-state index in [9.17, 15) is 9.18 Å². The number of aromatic nitrogens is 2. The van der Waals surface area contributed by atoms with Gasteiger partial charge in [0.05, 0.1) is 9.88 Å². The first kappa shape index (κ1) is 15.3. The maximum Gasteiger partial charge on any atom is 0.271 e. The van der Waals surface area contributed by atoms with Crippen LogP contribution in [0.3, 0.4) is 0 Å². The van der Waals surface area contributed by atoms with Crippen LogP contribution in [-0.4, -0.2) is 15.9 Å². The van der Waals surface area contributed by atoms with E-state index in [0.29, 0.717) is 17.0 Å². The number of nitrogens with zero attached hydrogens (tertiary/aromatic N) is 2. The third kappa shape index (κ3) is 3.43. The molecule has 0 radical (unpaired) electrons. The molecule has 0 spiro atoms. The van der Waals surface area contributed by atoms with Gasteiger partial charge in [0.1, 0.15) is 11.5 Å². The summed E-state index contributed by atoms with van der Waals surface area (Å²) >= 11 is 1.31. The molecule has 2 aromatic heterocycles. The average Bonchev–Trinajstić information content (AvgIpc) is 2.96. The molecule has 1 N–H and O–H groups in total. The van der Waals surface area contributed by atoms with Crippen LogP contribution in [0.15, 0.2) is 48.8 Å². The summed E-state index contributed by atoms with van der Waals surface area (Å²) in [5, 5.41) is 3.53. The summed E-state index contributed by atoms with van der Waals surface area (Å²) in [4.78, 5) is 21.2. The third-order valence-electron chi connectivity index (χ3n) is 3.27. The number of halogens is 1. The van der Waals surface area contributed by atoms with Gasteiger partial charge >= 0.3 is 0 Å². The Hall–Kier alpha value is -2.60. The standard InChI is InChI=1S/C17H14FN3OS/c1-11-21-15(16(23-11)13-4-2-3-5-14(13)18)17(22)20-10-12-6-8-19-9-7-12/h2-9H,10H2,1H3,(H,20,22). The summed E-state index contributed by atoms with van der Waals surface area (Å²) in [5.41, 5.74) is 1.59. The number of hydrogen-bond donors (Lipinski definition) is 1. The van der Waals surface area contributed by atoms with Crippen molar-refractivity contribution in [1.29, 1.82) is 0 Å². The SMILES string of the molecule is Cc1nc(C(=O)NCc2ccncc2)c(-c2ccccc2F)s1. The maximum atomic E-state index is 14.0. The molecule has 0 bridgehead atoms. The molecule has 0 saturated carbocycles. The van der Waals surface area contributed by atoms with Gasteiger partial charge < -0.3 is 5.32 Å². The van der Waals surface area contributed by atoms with Crippen LogP contribution in [0.4, 0.5) is 4.39 Å². The quantitative estimate of drug-likeness (QED) is 0.797. The number of aryl methyl sites for hydroxylation is 1. The molecule has 1 amide bonds. The van der Waals surface area contributed by atoms with Gasteiger partial charge in [-0.2, -0.15) is 0 Å². The number of benzene rings is 1. The molecule has 0 aliphatic heterocycles. The van der Waals surface area contributed by atoms with E-state index in [4.69, 9.17) is 0 Å². The van der Waals surface area contributed by atoms with E-state index in [0.717, 1.165) is 10.6 Å². The minimum absolute atomic E-state index is 0.256. The van der Waals surface area contributed by atoms with Gasteiger partial charge in [-0.15, -0.1) is 11.3 Å². The summed E-state index contributed by atoms with van der Waals surface area (Å²) in [5.74, 6) is -0.677. The molecule has 2 heterocycles. The summed E-state index contributed by atoms with van der Waals surface area (Å²) in [6, 6.07) is 10.0. The lowest BCUT2D eigenvalue weighted by atomic mass is 10.1. The largest absolute Gasteiger partial charge is 0.347 e. The van der Waals surface area contributed by atoms with Crippen molar-refractivity contribution in [2.24, 2.45) is 0 Å². The first-order chi connectivity index (χ1) is 11.1. The van der Waals surface area contributed by atoms with Crippen LogP contribution < -0.4 is 5.32 Å². The maximum absolute atomic E-state index is 14.0. The fourth-order valence-corrected chi connectivity index (χ4v) is 3.12. The minimum atomic E-state index is -0.362. The number of thiazole rings is 1. The number of hydrogen-bond acceptors (Lipinski definition) is 4. The van der Waals surface area contributed by atoms with Gasteiger partial charge in [-0.1, -0.05) is 18.2 Å². The number of pyridine rings is 1. The molecule has 6 heteroatoms. The van der Waals surface area contributed by atoms with Crippen molar-refractivity contribution < 1.29 is 9.18 Å². The lowest BCUT2D eigenvalue weighted by Gasteiger charge is -2.06. The highest BCUT2D eigenvalue weighted by molar-refractivity contribution is 7.15. The van der Waals surface area contributed by atoms with Gasteiger partial charge in [-0.05, 0) is 30.7 Å². The Morgan fingerprint density at radius 3 is 2.70 bits per heavy atom. The second-order valence-corrected chi connectivity index (χ2v) is 6.13. The Bertz CT molecular complexity index is 833. The van der Waals surface area contributed by atoms with Gasteiger partial charge in [-0.3, -0.25) is 9.78 Å². The smallest absolute Gasteiger partial charge is 0.271 e. The summed E-state index contributed by atoms with van der Waals surface area (Å²) < 4.78 is 14.0. The van der Waals surface area contributed by atoms with Crippen LogP contribution in [0.25, 0.3) is 10.4 Å². The third-order valence-corrected chi connectivity index (χ3v) is 4.27. The normalized spacial score (nSPS) is 10.5. The van der Waals surface area contributed by atoms with E-state index in [1.54, 1.807) is 37.5 Å². The van der Waals surface area contributed by atoms with Crippen molar-refractivity contribution in [1.82, 2.24) is 15.3 Å². The molecule has 1 aromatic carbocycles. The Morgan fingerprint density at radius 2 is 1.96 bits per heavy atom. The van der Waals surface area contributed by atoms with Gasteiger partial charge in [-0.25, -0.2) is 9.37 Å². The molecule has 0 atom stereocenters. The number of rotatable bonds is 4. The van der Waals surface area contributed by atoms with Crippen molar-refractivity contribution in [3.8, 4) is 10.4 Å². The van der Waals surface area contributed by atoms with Crippen LogP contribution in [0, 0.1) is 12.7 Å². The van der Waals surface area contributed by atoms with E-state index in [2.05, 4.69) is 15.3 Å². The number of nitrogens with one attached hydrogen (secondary N) is 1. The minimum Gasteiger partial charge on any atom is -0.347 e. The summed E-state index contributed by atoms with van der Waals surface area (Å²) in [7, 11) is 0. The molecule has 116 valence electrons. The van der Waals surface area contributed by atoms with Crippen molar-refractivity contribution in [3.05, 3.63) is 70.9 Å². The van der Waals surface area contributed by atoms with Crippen molar-refractivity contribution in [2.45, 2.75) is 13.5 Å². The van der Waals surface area contributed by atoms with Crippen molar-refractivity contribution >= 4 is 17.2 Å². The lowest BCUT2D eigenvalue weighted by molar-refractivity contribution is 0.0947. The predicted octanol–water partition coefficient (Wildman–Crippen LogP) is 3.58. The van der Waals surface area contributed by atoms with Crippen LogP contribution >= 0.6 is 11.3 Å². The van der Waals surface area contributed by atoms with Crippen LogP contribution in [-0.2, 0) is 6.54 Å². The Labute approximate surface area is 137 Å². The van der Waals surface area contributed by atoms with Crippen LogP contribution in [0.5, 0.6) is 0 Å². The van der Waals surface area contributed by atoms with E-state index in [1.165, 1.54) is 17.4 Å². The lowest BCUT2D eigenvalue weighted by Crippen LogP contribution is -2.23. The zero-order valence-corrected chi connectivity index (χ0v) is 13.2. The van der Waals surface area contributed by atoms with E-state index in [1.807, 2.05) is 12.1 Å². The zero-order chi connectivity index (χ0) is 16.2. The van der Waals surface area contributed by atoms with Gasteiger partial charge in [0, 0.05) is 24.5 Å². The summed E-state index contributed by atoms with van der Waals surface area (Å²) in [6.45, 7) is 2.17. The molecule has 3 aromatic rings. The van der Waals surface area contributed by atoms with Gasteiger partial charge in [0.25, 0.3) is 5.91 Å². The first-order valence-corrected chi connectivity index (χ1v) is 7.86. The first-order valence-electron chi connectivity index (χ1n) is 7.04. The topological polar surface area (TPSA) is 54.9 Å². The Morgan fingerprint density at radius 1 is 1.22 bits per heavy atom. The number of carbonyl (C=O) groups excluding carboxylic acids is 1. The van der Waals surface area contributed by atoms with Crippen LogP contribution in [0.2, 0.25) is 0 Å². The molecular weight excluding hydrogens is 313 g/mol. The molecule has 0 fully saturated rings. The average molecular weight is 327 g/mol. The monoisotopic (exact) mass is 327 g/mol. The highest BCUT2D eigenvalue weighted by Crippen LogP contribution is 2.31. The van der Waals surface area contributed by atoms with Crippen LogP contribution in [0.1, 0.15) is 21.1 Å². The number of amides is 1. The predicted molar refractivity (Wildman–Crippen MR) is 87.7 cm³/mol. The molecule has 0 aliphatic carbocycles. The van der Waals surface area contributed by atoms with E-state index in [-0.39, 0.29) is 17.4 Å². The molecule has 4 nitrogen and oxygen atoms in total. The van der Waals surface area contributed by atoms with Gasteiger partial charge in [0.2, 0.25) is 0 Å². The van der Waals surface area contributed by atoms with E-state index < -0.39 is 0 Å². The highest BCUT2D eigenvalue weighted by Gasteiger charge is 2.20. The zero-order valence-electron chi connectivity index (χ0n) is 12.4. The van der Waals surface area contributed by atoms with Gasteiger partial charge in [0.15, 0.2) is 0 Å². The molecule has 0 saturated heterocycles. The fourth-order valence-electron chi connectivity index (χ4n) is 2.18. The molecule has 0 aliphatic rings. The second kappa shape index (κ2) is 6.66. The fraction of sp³-hybridized carbons (Fsp3) is 0.118. The second-order valence-electron chi connectivity index (χ2n) is 4.93. The highest BCUT2D eigenvalue weighted by atomic mass is 32.1. The molecule has 3 rings (SSSR count). The van der Waals surface area contributed by atoms with E-state index >= 15 is 0 Å². The van der Waals surface area contributed by atoms with Crippen molar-refractivity contribution in [2.75, 3.05) is 0 Å². The molecule has 0 unspecified atom stereocenters. The summed E-state index contributed by atoms with van der Waals surface area (Å²) in [6.07, 6.45) is 3.33. The molecule has 23 heavy (non-hydrogen) atoms. The Kier molecular flexibility index (Phi) is 4.43. The number of carbonyl (C=O) groups is 1. The molecular formula is C17H14FN3OS. The Balaban J connectivity index is 1.85.